The Morgan fingerprint density at radius 1 is 1.18 bits per heavy atom. The predicted molar refractivity (Wildman–Crippen MR) is 152 cm³/mol. The zero-order valence-electron chi connectivity index (χ0n) is 21.5. The first-order valence-electron chi connectivity index (χ1n) is 11.8. The summed E-state index contributed by atoms with van der Waals surface area (Å²) in [6, 6.07) is 10.1. The summed E-state index contributed by atoms with van der Waals surface area (Å²) in [5.41, 5.74) is 11.2. The average Bonchev–Trinajstić information content (AvgIpc) is 3.26. The quantitative estimate of drug-likeness (QED) is 0.196. The summed E-state index contributed by atoms with van der Waals surface area (Å²) in [6.45, 7) is 7.05. The minimum absolute atomic E-state index is 0.0532. The van der Waals surface area contributed by atoms with Crippen molar-refractivity contribution in [2.75, 3.05) is 5.73 Å². The third kappa shape index (κ3) is 4.57. The van der Waals surface area contributed by atoms with Gasteiger partial charge in [-0.1, -0.05) is 18.1 Å². The Balaban J connectivity index is 1.69. The van der Waals surface area contributed by atoms with Crippen LogP contribution in [-0.2, 0) is 7.05 Å². The molecule has 9 nitrogen and oxygen atoms in total. The number of halogens is 1. The Bertz CT molecular complexity index is 1880. The largest absolute Gasteiger partial charge is 0.421 e. The van der Waals surface area contributed by atoms with Crippen molar-refractivity contribution in [3.63, 3.8) is 0 Å². The number of hydrogen-bond acceptors (Lipinski definition) is 7. The van der Waals surface area contributed by atoms with Gasteiger partial charge in [-0.2, -0.15) is 0 Å². The number of ether oxygens (including phenoxy) is 1. The van der Waals surface area contributed by atoms with Crippen molar-refractivity contribution in [2.24, 2.45) is 17.0 Å². The van der Waals surface area contributed by atoms with E-state index < -0.39 is 5.82 Å². The molecule has 0 amide bonds. The van der Waals surface area contributed by atoms with E-state index in [0.29, 0.717) is 39.2 Å². The van der Waals surface area contributed by atoms with Crippen LogP contribution in [-0.4, -0.2) is 37.2 Å². The highest BCUT2D eigenvalue weighted by atomic mass is 19.1. The molecule has 10 heteroatoms. The summed E-state index contributed by atoms with van der Waals surface area (Å²) in [4.78, 5) is 25.5. The smallest absolute Gasteiger partial charge is 0.321 e. The highest BCUT2D eigenvalue weighted by Gasteiger charge is 2.23. The van der Waals surface area contributed by atoms with Crippen LogP contribution in [0.15, 0.2) is 70.7 Å². The molecular formula is C29H23FN8O. The molecule has 39 heavy (non-hydrogen) atoms. The van der Waals surface area contributed by atoms with Crippen LogP contribution in [0.5, 0.6) is 5.75 Å². The monoisotopic (exact) mass is 518 g/mol. The number of nitrogen functional groups attached to an aromatic ring is 1. The molecule has 4 aromatic heterocycles. The first-order chi connectivity index (χ1) is 18.8. The number of rotatable bonds is 4. The second kappa shape index (κ2) is 10.1. The van der Waals surface area contributed by atoms with Crippen molar-refractivity contribution < 1.29 is 9.13 Å². The van der Waals surface area contributed by atoms with Gasteiger partial charge in [0.15, 0.2) is 17.2 Å². The van der Waals surface area contributed by atoms with E-state index in [1.165, 1.54) is 18.5 Å². The number of terminal acetylenes is 1. The van der Waals surface area contributed by atoms with E-state index in [1.54, 1.807) is 31.3 Å². The second-order valence-electron chi connectivity index (χ2n) is 8.58. The molecular weight excluding hydrogens is 495 g/mol. The van der Waals surface area contributed by atoms with E-state index in [4.69, 9.17) is 16.9 Å². The summed E-state index contributed by atoms with van der Waals surface area (Å²) in [7, 11) is 1.85. The number of aromatic nitrogens is 5. The van der Waals surface area contributed by atoms with Crippen LogP contribution in [0.2, 0.25) is 0 Å². The molecule has 0 aliphatic carbocycles. The first-order valence-corrected chi connectivity index (χ1v) is 11.8. The lowest BCUT2D eigenvalue weighted by atomic mass is 9.99. The standard InChI is InChI=1S/C29H23FN8O/c1-6-16(3)36-29(32-4)39-22-11-9-17(13-21(22)30)23-24-26(31)34-15-35-28(24)38(5)25(23)19-12-18-8-10-20(7-2)37-27(18)33-14-19/h2,6,8-15H,4H2,1,3,5H3,(H2,31,34,35)/b16-6-,36-29+. The van der Waals surface area contributed by atoms with Crippen LogP contribution in [0.3, 0.4) is 0 Å². The molecule has 0 radical (unpaired) electrons. The minimum Gasteiger partial charge on any atom is -0.421 e. The molecule has 192 valence electrons. The van der Waals surface area contributed by atoms with Crippen LogP contribution < -0.4 is 10.5 Å². The average molecular weight is 519 g/mol. The Labute approximate surface area is 223 Å². The molecule has 1 aromatic carbocycles. The summed E-state index contributed by atoms with van der Waals surface area (Å²) in [5.74, 6) is 2.10. The number of anilines is 1. The lowest BCUT2D eigenvalue weighted by Crippen LogP contribution is -2.06. The van der Waals surface area contributed by atoms with Gasteiger partial charge >= 0.3 is 6.02 Å². The summed E-state index contributed by atoms with van der Waals surface area (Å²) in [6.07, 6.45) is 10.3. The van der Waals surface area contributed by atoms with Gasteiger partial charge in [0.1, 0.15) is 23.5 Å². The number of aryl methyl sites for hydroxylation is 1. The van der Waals surface area contributed by atoms with Gasteiger partial charge in [-0.15, -0.1) is 6.42 Å². The normalized spacial score (nSPS) is 12.1. The van der Waals surface area contributed by atoms with Gasteiger partial charge < -0.3 is 15.0 Å². The Kier molecular flexibility index (Phi) is 6.56. The second-order valence-corrected chi connectivity index (χ2v) is 8.58. The third-order valence-corrected chi connectivity index (χ3v) is 6.21. The summed E-state index contributed by atoms with van der Waals surface area (Å²) >= 11 is 0. The predicted octanol–water partition coefficient (Wildman–Crippen LogP) is 5.31. The minimum atomic E-state index is -0.622. The van der Waals surface area contributed by atoms with Crippen LogP contribution in [0.4, 0.5) is 10.2 Å². The number of hydrogen-bond donors (Lipinski definition) is 1. The zero-order valence-corrected chi connectivity index (χ0v) is 21.5. The maximum Gasteiger partial charge on any atom is 0.321 e. The number of nitrogens with zero attached hydrogens (tertiary/aromatic N) is 7. The number of aliphatic imine (C=N–C) groups is 2. The number of nitrogens with two attached hydrogens (primary N) is 1. The number of fused-ring (bicyclic) bond motifs is 2. The number of allylic oxidation sites excluding steroid dienone is 2. The van der Waals surface area contributed by atoms with Crippen molar-refractivity contribution in [3.05, 3.63) is 72.2 Å². The fraction of sp³-hybridized carbons (Fsp3) is 0.103. The Hall–Kier alpha value is -5.43. The molecule has 0 saturated carbocycles. The van der Waals surface area contributed by atoms with E-state index in [0.717, 1.165) is 16.6 Å². The fourth-order valence-electron chi connectivity index (χ4n) is 4.26. The number of pyridine rings is 2. The van der Waals surface area contributed by atoms with Gasteiger partial charge in [0, 0.05) is 35.5 Å². The lowest BCUT2D eigenvalue weighted by Gasteiger charge is -2.11. The maximum absolute atomic E-state index is 15.4. The van der Waals surface area contributed by atoms with Crippen molar-refractivity contribution in [3.8, 4) is 40.5 Å². The molecule has 0 spiro atoms. The van der Waals surface area contributed by atoms with Crippen molar-refractivity contribution in [1.82, 2.24) is 24.5 Å². The molecule has 0 aliphatic heterocycles. The van der Waals surface area contributed by atoms with Crippen molar-refractivity contribution in [1.29, 1.82) is 0 Å². The van der Waals surface area contributed by atoms with Crippen LogP contribution in [0.25, 0.3) is 44.5 Å². The molecule has 4 heterocycles. The summed E-state index contributed by atoms with van der Waals surface area (Å²) < 4.78 is 22.9. The van der Waals surface area contributed by atoms with Gasteiger partial charge in [-0.3, -0.25) is 0 Å². The van der Waals surface area contributed by atoms with E-state index in [2.05, 4.69) is 42.6 Å². The van der Waals surface area contributed by atoms with Crippen LogP contribution >= 0.6 is 0 Å². The van der Waals surface area contributed by atoms with Gasteiger partial charge in [-0.05, 0) is 56.5 Å². The van der Waals surface area contributed by atoms with E-state index in [1.807, 2.05) is 30.7 Å². The van der Waals surface area contributed by atoms with Crippen molar-refractivity contribution in [2.45, 2.75) is 13.8 Å². The molecule has 0 unspecified atom stereocenters. The molecule has 5 rings (SSSR count). The van der Waals surface area contributed by atoms with E-state index in [-0.39, 0.29) is 17.6 Å². The van der Waals surface area contributed by atoms with Gasteiger partial charge in [0.2, 0.25) is 0 Å². The van der Waals surface area contributed by atoms with E-state index in [9.17, 15) is 0 Å². The van der Waals surface area contributed by atoms with Crippen molar-refractivity contribution >= 4 is 40.6 Å². The van der Waals surface area contributed by atoms with Crippen LogP contribution in [0.1, 0.15) is 19.5 Å². The maximum atomic E-state index is 15.4. The number of benzene rings is 1. The Morgan fingerprint density at radius 2 is 2.00 bits per heavy atom. The molecule has 0 aliphatic rings. The topological polar surface area (TPSA) is 116 Å². The van der Waals surface area contributed by atoms with Gasteiger partial charge in [-0.25, -0.2) is 34.3 Å². The molecule has 0 bridgehead atoms. The molecule has 0 saturated heterocycles. The SMILES string of the molecule is C#Cc1ccc2cc(-c3c(-c4ccc(O/C(N=C)=N/C(C)=C\C)c(F)c4)c4c(N)ncnc4n3C)cnc2n1. The molecule has 2 N–H and O–H groups in total. The molecule has 0 atom stereocenters. The number of amidine groups is 1. The van der Waals surface area contributed by atoms with Gasteiger partial charge in [0.05, 0.1) is 11.1 Å². The van der Waals surface area contributed by atoms with Gasteiger partial charge in [0.25, 0.3) is 0 Å². The zero-order chi connectivity index (χ0) is 27.7. The Morgan fingerprint density at radius 3 is 2.72 bits per heavy atom. The molecule has 0 fully saturated rings. The molecule has 5 aromatic rings. The third-order valence-electron chi connectivity index (χ3n) is 6.21. The van der Waals surface area contributed by atoms with Crippen LogP contribution in [0, 0.1) is 18.2 Å². The first kappa shape index (κ1) is 25.2. The van der Waals surface area contributed by atoms with E-state index >= 15 is 4.39 Å². The highest BCUT2D eigenvalue weighted by Crippen LogP contribution is 2.42. The highest BCUT2D eigenvalue weighted by molar-refractivity contribution is 6.08. The summed E-state index contributed by atoms with van der Waals surface area (Å²) in [5, 5.41) is 1.37. The fourth-order valence-corrected chi connectivity index (χ4v) is 4.26. The lowest BCUT2D eigenvalue weighted by molar-refractivity contribution is 0.486.